The highest BCUT2D eigenvalue weighted by Crippen LogP contribution is 2.56. The number of para-hydroxylation sites is 4. The van der Waals surface area contributed by atoms with E-state index < -0.39 is 0 Å². The second kappa shape index (κ2) is 9.07. The third-order valence-electron chi connectivity index (χ3n) is 11.7. The van der Waals surface area contributed by atoms with Crippen LogP contribution in [0, 0.1) is 0 Å². The maximum absolute atomic E-state index is 7.10. The monoisotopic (exact) mass is 639 g/mol. The Morgan fingerprint density at radius 1 is 0.480 bits per heavy atom. The molecule has 0 saturated heterocycles. The Labute approximate surface area is 290 Å². The molecule has 5 heteroatoms. The van der Waals surface area contributed by atoms with Gasteiger partial charge in [0.15, 0.2) is 0 Å². The summed E-state index contributed by atoms with van der Waals surface area (Å²) in [7, 11) is 0. The second-order valence-corrected chi connectivity index (χ2v) is 14.5. The van der Waals surface area contributed by atoms with Crippen molar-refractivity contribution in [1.82, 2.24) is 4.57 Å². The summed E-state index contributed by atoms with van der Waals surface area (Å²) in [6.45, 7) is 4.80. The Bertz CT molecular complexity index is 2750. The Kier molecular flexibility index (Phi) is 4.85. The number of fused-ring (bicyclic) bond motifs is 6. The highest BCUT2D eigenvalue weighted by molar-refractivity contribution is 7.01. The van der Waals surface area contributed by atoms with Crippen LogP contribution in [0.25, 0.3) is 27.5 Å². The SMILES string of the molecule is CC1(C)c2ccccc2N2c3cccc4c3B3c5c(cc(-n6c7ccccc7c7ccccc76)cc5N(c5ccccc5)c5ccc1c2c53)O4. The summed E-state index contributed by atoms with van der Waals surface area (Å²) in [6.07, 6.45) is 0. The highest BCUT2D eigenvalue weighted by Gasteiger charge is 2.52. The average molecular weight is 640 g/mol. The van der Waals surface area contributed by atoms with E-state index in [1.165, 1.54) is 72.1 Å². The molecule has 234 valence electrons. The molecule has 0 atom stereocenters. The number of aromatic nitrogens is 1. The van der Waals surface area contributed by atoms with E-state index >= 15 is 0 Å². The van der Waals surface area contributed by atoms with E-state index in [2.05, 4.69) is 174 Å². The summed E-state index contributed by atoms with van der Waals surface area (Å²) >= 11 is 0. The number of ether oxygens (including phenoxy) is 1. The molecular formula is C45H30BN3O. The van der Waals surface area contributed by atoms with E-state index in [4.69, 9.17) is 4.74 Å². The highest BCUT2D eigenvalue weighted by atomic mass is 16.5. The van der Waals surface area contributed by atoms with Gasteiger partial charge in [0.1, 0.15) is 11.5 Å². The van der Waals surface area contributed by atoms with Gasteiger partial charge in [0.05, 0.1) is 22.4 Å². The van der Waals surface area contributed by atoms with Crippen LogP contribution in [-0.4, -0.2) is 11.3 Å². The molecule has 0 bridgehead atoms. The van der Waals surface area contributed by atoms with Gasteiger partial charge in [-0.05, 0) is 82.1 Å². The molecule has 0 N–H and O–H groups in total. The van der Waals surface area contributed by atoms with Gasteiger partial charge in [-0.3, -0.25) is 0 Å². The smallest absolute Gasteiger partial charge is 0.261 e. The number of hydrogen-bond donors (Lipinski definition) is 0. The van der Waals surface area contributed by atoms with Crippen LogP contribution in [-0.2, 0) is 5.41 Å². The first-order valence-corrected chi connectivity index (χ1v) is 17.5. The molecule has 12 rings (SSSR count). The molecule has 7 aromatic carbocycles. The normalized spacial score (nSPS) is 15.2. The van der Waals surface area contributed by atoms with Crippen molar-refractivity contribution in [3.63, 3.8) is 0 Å². The Hall–Kier alpha value is -6.20. The lowest BCUT2D eigenvalue weighted by molar-refractivity contribution is 0.487. The van der Waals surface area contributed by atoms with E-state index in [9.17, 15) is 0 Å². The van der Waals surface area contributed by atoms with Crippen LogP contribution in [0.2, 0.25) is 0 Å². The van der Waals surface area contributed by atoms with Crippen LogP contribution in [0.3, 0.4) is 0 Å². The first-order chi connectivity index (χ1) is 24.6. The quantitative estimate of drug-likeness (QED) is 0.176. The van der Waals surface area contributed by atoms with Crippen LogP contribution in [0.1, 0.15) is 25.0 Å². The van der Waals surface area contributed by atoms with E-state index in [0.717, 1.165) is 28.6 Å². The van der Waals surface area contributed by atoms with Crippen LogP contribution >= 0.6 is 0 Å². The van der Waals surface area contributed by atoms with Crippen LogP contribution in [0.4, 0.5) is 34.1 Å². The number of rotatable bonds is 2. The minimum Gasteiger partial charge on any atom is -0.458 e. The fraction of sp³-hybridized carbons (Fsp3) is 0.0667. The van der Waals surface area contributed by atoms with Crippen molar-refractivity contribution >= 4 is 79.0 Å². The molecule has 4 aliphatic rings. The van der Waals surface area contributed by atoms with Gasteiger partial charge < -0.3 is 19.1 Å². The maximum atomic E-state index is 7.10. The third-order valence-corrected chi connectivity index (χ3v) is 11.7. The Morgan fingerprint density at radius 3 is 1.94 bits per heavy atom. The summed E-state index contributed by atoms with van der Waals surface area (Å²) in [5.41, 5.74) is 17.1. The van der Waals surface area contributed by atoms with Crippen LogP contribution < -0.4 is 30.9 Å². The molecule has 5 heterocycles. The zero-order valence-corrected chi connectivity index (χ0v) is 27.7. The lowest BCUT2D eigenvalue weighted by Gasteiger charge is -2.51. The zero-order valence-electron chi connectivity index (χ0n) is 27.7. The molecule has 0 radical (unpaired) electrons. The molecule has 4 nitrogen and oxygen atoms in total. The molecule has 1 aromatic heterocycles. The minimum atomic E-state index is -0.168. The van der Waals surface area contributed by atoms with Gasteiger partial charge in [-0.25, -0.2) is 0 Å². The van der Waals surface area contributed by atoms with Gasteiger partial charge in [-0.2, -0.15) is 0 Å². The molecule has 0 spiro atoms. The van der Waals surface area contributed by atoms with Crippen molar-refractivity contribution in [2.45, 2.75) is 19.3 Å². The van der Waals surface area contributed by atoms with Gasteiger partial charge in [-0.1, -0.05) is 98.8 Å². The third kappa shape index (κ3) is 3.10. The van der Waals surface area contributed by atoms with Crippen molar-refractivity contribution in [2.75, 3.05) is 9.80 Å². The van der Waals surface area contributed by atoms with Gasteiger partial charge in [0, 0.05) is 50.7 Å². The van der Waals surface area contributed by atoms with Crippen LogP contribution in [0.15, 0.2) is 146 Å². The molecular weight excluding hydrogens is 609 g/mol. The summed E-state index contributed by atoms with van der Waals surface area (Å²) < 4.78 is 9.51. The lowest BCUT2D eigenvalue weighted by atomic mass is 9.32. The van der Waals surface area contributed by atoms with E-state index in [0.29, 0.717) is 0 Å². The van der Waals surface area contributed by atoms with Gasteiger partial charge in [0.2, 0.25) is 0 Å². The Morgan fingerprint density at radius 2 is 1.14 bits per heavy atom. The summed E-state index contributed by atoms with van der Waals surface area (Å²) in [5, 5.41) is 2.50. The first-order valence-electron chi connectivity index (χ1n) is 17.5. The molecule has 0 aliphatic carbocycles. The predicted molar refractivity (Wildman–Crippen MR) is 207 cm³/mol. The zero-order chi connectivity index (χ0) is 32.9. The van der Waals surface area contributed by atoms with Gasteiger partial charge in [0.25, 0.3) is 6.71 Å². The van der Waals surface area contributed by atoms with Crippen molar-refractivity contribution in [1.29, 1.82) is 0 Å². The summed E-state index contributed by atoms with van der Waals surface area (Å²) in [5.74, 6) is 1.85. The minimum absolute atomic E-state index is 0.0365. The fourth-order valence-corrected chi connectivity index (χ4v) is 9.67. The van der Waals surface area contributed by atoms with Crippen molar-refractivity contribution in [3.8, 4) is 17.2 Å². The van der Waals surface area contributed by atoms with E-state index in [1.54, 1.807) is 0 Å². The maximum Gasteiger partial charge on any atom is 0.261 e. The van der Waals surface area contributed by atoms with E-state index in [-0.39, 0.29) is 12.1 Å². The first kappa shape index (κ1) is 26.7. The molecule has 0 amide bonds. The molecule has 0 unspecified atom stereocenters. The number of hydrogen-bond acceptors (Lipinski definition) is 3. The molecule has 50 heavy (non-hydrogen) atoms. The predicted octanol–water partition coefficient (Wildman–Crippen LogP) is 9.61. The Balaban J connectivity index is 1.22. The molecule has 8 aromatic rings. The molecule has 4 aliphatic heterocycles. The standard InChI is InChI=1S/C45H30BN3O/c1-45(2)31-17-8-11-20-35(31)49-36-21-12-22-39-41(36)46-42-38(47(27-13-4-3-5-14-27)37-24-23-32(45)44(49)43(37)46)25-28(26-40(42)50-39)48-33-18-9-6-15-29(33)30-16-7-10-19-34(30)48/h3-26H,1-2H3. The summed E-state index contributed by atoms with van der Waals surface area (Å²) in [4.78, 5) is 5.01. The topological polar surface area (TPSA) is 20.6 Å². The second-order valence-electron chi connectivity index (χ2n) is 14.5. The van der Waals surface area contributed by atoms with Crippen LogP contribution in [0.5, 0.6) is 11.5 Å². The van der Waals surface area contributed by atoms with Gasteiger partial charge >= 0.3 is 0 Å². The van der Waals surface area contributed by atoms with E-state index in [1.807, 2.05) is 0 Å². The van der Waals surface area contributed by atoms with Crippen molar-refractivity contribution < 1.29 is 4.74 Å². The molecule has 0 saturated carbocycles. The molecule has 0 fully saturated rings. The van der Waals surface area contributed by atoms with Crippen molar-refractivity contribution in [3.05, 3.63) is 157 Å². The number of benzene rings is 7. The number of nitrogens with zero attached hydrogens (tertiary/aromatic N) is 3. The summed E-state index contributed by atoms with van der Waals surface area (Å²) in [6, 6.07) is 53.3. The van der Waals surface area contributed by atoms with Crippen molar-refractivity contribution in [2.24, 2.45) is 0 Å². The average Bonchev–Trinajstić information content (AvgIpc) is 3.49. The number of anilines is 6. The lowest BCUT2D eigenvalue weighted by Crippen LogP contribution is -2.64. The van der Waals surface area contributed by atoms with Gasteiger partial charge in [-0.15, -0.1) is 0 Å². The fourth-order valence-electron chi connectivity index (χ4n) is 9.67. The largest absolute Gasteiger partial charge is 0.458 e.